The number of aryl methyl sites for hydroxylation is 1. The van der Waals surface area contributed by atoms with Crippen molar-refractivity contribution in [3.63, 3.8) is 0 Å². The number of hydrogen-bond donors (Lipinski definition) is 0. The van der Waals surface area contributed by atoms with Gasteiger partial charge in [-0.1, -0.05) is 0 Å². The Kier molecular flexibility index (Phi) is 4.17. The molecular weight excluding hydrogens is 295 g/mol. The first-order valence-corrected chi connectivity index (χ1v) is 6.64. The number of rotatable bonds is 2. The lowest BCUT2D eigenvalue weighted by Gasteiger charge is -2.23. The Morgan fingerprint density at radius 1 is 1.50 bits per heavy atom. The molecule has 0 saturated carbocycles. The topological polar surface area (TPSA) is 46.1 Å². The van der Waals surface area contributed by atoms with Crippen LogP contribution < -0.4 is 0 Å². The largest absolute Gasteiger partial charge is 0.433 e. The van der Waals surface area contributed by atoms with Gasteiger partial charge in [-0.25, -0.2) is 9.97 Å². The zero-order valence-corrected chi connectivity index (χ0v) is 11.5. The van der Waals surface area contributed by atoms with Crippen LogP contribution in [-0.2, 0) is 11.0 Å². The van der Waals surface area contributed by atoms with Crippen molar-refractivity contribution in [2.75, 3.05) is 12.4 Å². The van der Waals surface area contributed by atoms with E-state index < -0.39 is 17.9 Å². The summed E-state index contributed by atoms with van der Waals surface area (Å²) in [5.74, 6) is -0.477. The van der Waals surface area contributed by atoms with Crippen LogP contribution in [0, 0.1) is 6.92 Å². The van der Waals surface area contributed by atoms with Crippen LogP contribution in [0.15, 0.2) is 6.07 Å². The first kappa shape index (κ1) is 15.0. The fourth-order valence-corrected chi connectivity index (χ4v) is 2.45. The number of aromatic nitrogens is 2. The van der Waals surface area contributed by atoms with Crippen molar-refractivity contribution in [2.45, 2.75) is 32.0 Å². The Morgan fingerprint density at radius 2 is 2.20 bits per heavy atom. The smallest absolute Gasteiger partial charge is 0.331 e. The van der Waals surface area contributed by atoms with Crippen molar-refractivity contribution in [1.82, 2.24) is 14.9 Å². The second-order valence-corrected chi connectivity index (χ2v) is 4.90. The fraction of sp³-hybridized carbons (Fsp3) is 0.583. The summed E-state index contributed by atoms with van der Waals surface area (Å²) in [5.41, 5.74) is -0.752. The highest BCUT2D eigenvalue weighted by molar-refractivity contribution is 6.27. The van der Waals surface area contributed by atoms with Crippen LogP contribution in [0.4, 0.5) is 13.2 Å². The van der Waals surface area contributed by atoms with Gasteiger partial charge in [-0.2, -0.15) is 13.2 Å². The summed E-state index contributed by atoms with van der Waals surface area (Å²) in [6.07, 6.45) is -3.28. The second-order valence-electron chi connectivity index (χ2n) is 4.63. The van der Waals surface area contributed by atoms with Crippen LogP contribution in [0.1, 0.15) is 36.1 Å². The molecule has 1 fully saturated rings. The number of nitrogens with zero attached hydrogens (tertiary/aromatic N) is 3. The molecule has 0 N–H and O–H groups in total. The quantitative estimate of drug-likeness (QED) is 0.789. The van der Waals surface area contributed by atoms with Gasteiger partial charge in [-0.05, 0) is 25.8 Å². The Morgan fingerprint density at radius 3 is 2.80 bits per heavy atom. The monoisotopic (exact) mass is 307 g/mol. The summed E-state index contributed by atoms with van der Waals surface area (Å²) in [6, 6.07) is 0.369. The molecule has 20 heavy (non-hydrogen) atoms. The van der Waals surface area contributed by atoms with Crippen LogP contribution in [-0.4, -0.2) is 33.2 Å². The van der Waals surface area contributed by atoms with E-state index in [1.807, 2.05) is 0 Å². The maximum absolute atomic E-state index is 12.8. The number of hydrogen-bond acceptors (Lipinski definition) is 3. The standard InChI is InChI=1S/C12H13ClF3N3O/c1-7-5-9(12(14,15)16)18-11(17-7)8-3-2-4-19(8)10(20)6-13/h5,8H,2-4,6H2,1H3. The molecule has 1 atom stereocenters. The second kappa shape index (κ2) is 5.55. The molecule has 1 aromatic heterocycles. The third-order valence-electron chi connectivity index (χ3n) is 3.15. The molecule has 2 rings (SSSR count). The maximum Gasteiger partial charge on any atom is 0.433 e. The van der Waals surface area contributed by atoms with Crippen molar-refractivity contribution in [3.8, 4) is 0 Å². The molecule has 1 amide bonds. The summed E-state index contributed by atoms with van der Waals surface area (Å²) in [5, 5.41) is 0. The number of amides is 1. The molecule has 1 unspecified atom stereocenters. The fourth-order valence-electron chi connectivity index (χ4n) is 2.30. The minimum absolute atomic E-state index is 0.0355. The molecule has 0 bridgehead atoms. The van der Waals surface area contributed by atoms with E-state index in [-0.39, 0.29) is 23.3 Å². The predicted molar refractivity (Wildman–Crippen MR) is 66.2 cm³/mol. The third-order valence-corrected chi connectivity index (χ3v) is 3.38. The highest BCUT2D eigenvalue weighted by atomic mass is 35.5. The van der Waals surface area contributed by atoms with Gasteiger partial charge in [0.1, 0.15) is 11.6 Å². The molecule has 2 heterocycles. The summed E-state index contributed by atoms with van der Waals surface area (Å²) in [4.78, 5) is 20.8. The molecule has 0 aliphatic carbocycles. The van der Waals surface area contributed by atoms with Crippen molar-refractivity contribution < 1.29 is 18.0 Å². The van der Waals surface area contributed by atoms with Crippen molar-refractivity contribution in [2.24, 2.45) is 0 Å². The summed E-state index contributed by atoms with van der Waals surface area (Å²) in [7, 11) is 0. The Balaban J connectivity index is 2.37. The molecule has 1 aliphatic heterocycles. The Bertz CT molecular complexity index is 521. The zero-order chi connectivity index (χ0) is 14.9. The lowest BCUT2D eigenvalue weighted by molar-refractivity contribution is -0.141. The number of likely N-dealkylation sites (tertiary alicyclic amines) is 1. The summed E-state index contributed by atoms with van der Waals surface area (Å²) >= 11 is 5.51. The third kappa shape index (κ3) is 3.03. The molecule has 0 spiro atoms. The zero-order valence-electron chi connectivity index (χ0n) is 10.7. The Hall–Kier alpha value is -1.37. The van der Waals surface area contributed by atoms with E-state index in [4.69, 9.17) is 11.6 Å². The highest BCUT2D eigenvalue weighted by Gasteiger charge is 2.36. The van der Waals surface area contributed by atoms with Gasteiger partial charge in [0, 0.05) is 12.2 Å². The molecular formula is C12H13ClF3N3O. The van der Waals surface area contributed by atoms with Crippen molar-refractivity contribution in [1.29, 1.82) is 0 Å². The number of halogens is 4. The van der Waals surface area contributed by atoms with Gasteiger partial charge in [-0.15, -0.1) is 11.6 Å². The average Bonchev–Trinajstić information content (AvgIpc) is 2.85. The molecule has 1 aliphatic rings. The number of alkyl halides is 4. The molecule has 0 aromatic carbocycles. The van der Waals surface area contributed by atoms with Gasteiger partial charge < -0.3 is 4.90 Å². The first-order chi connectivity index (χ1) is 9.32. The van der Waals surface area contributed by atoms with E-state index in [0.717, 1.165) is 6.07 Å². The van der Waals surface area contributed by atoms with Gasteiger partial charge in [0.15, 0.2) is 5.82 Å². The lowest BCUT2D eigenvalue weighted by atomic mass is 10.2. The molecule has 4 nitrogen and oxygen atoms in total. The number of carbonyl (C=O) groups is 1. The lowest BCUT2D eigenvalue weighted by Crippen LogP contribution is -2.32. The maximum atomic E-state index is 12.8. The van der Waals surface area contributed by atoms with Crippen LogP contribution in [0.25, 0.3) is 0 Å². The first-order valence-electron chi connectivity index (χ1n) is 6.11. The van der Waals surface area contributed by atoms with Gasteiger partial charge in [0.2, 0.25) is 5.91 Å². The SMILES string of the molecule is Cc1cc(C(F)(F)F)nc(C2CCCN2C(=O)CCl)n1. The van der Waals surface area contributed by atoms with Crippen LogP contribution in [0.2, 0.25) is 0 Å². The van der Waals surface area contributed by atoms with Crippen molar-refractivity contribution in [3.05, 3.63) is 23.3 Å². The van der Waals surface area contributed by atoms with E-state index >= 15 is 0 Å². The summed E-state index contributed by atoms with van der Waals surface area (Å²) < 4.78 is 38.3. The molecule has 110 valence electrons. The van der Waals surface area contributed by atoms with E-state index in [1.54, 1.807) is 0 Å². The van der Waals surface area contributed by atoms with E-state index in [0.29, 0.717) is 19.4 Å². The average molecular weight is 308 g/mol. The summed E-state index contributed by atoms with van der Waals surface area (Å²) in [6.45, 7) is 1.94. The van der Waals surface area contributed by atoms with Crippen LogP contribution in [0.5, 0.6) is 0 Å². The van der Waals surface area contributed by atoms with Gasteiger partial charge in [0.05, 0.1) is 6.04 Å². The normalized spacial score (nSPS) is 19.4. The van der Waals surface area contributed by atoms with Crippen LogP contribution >= 0.6 is 11.6 Å². The van der Waals surface area contributed by atoms with Gasteiger partial charge in [-0.3, -0.25) is 4.79 Å². The predicted octanol–water partition coefficient (Wildman–Crippen LogP) is 2.71. The van der Waals surface area contributed by atoms with Gasteiger partial charge >= 0.3 is 6.18 Å². The van der Waals surface area contributed by atoms with E-state index in [2.05, 4.69) is 9.97 Å². The molecule has 8 heteroatoms. The Labute approximate surface area is 119 Å². The molecule has 0 radical (unpaired) electrons. The van der Waals surface area contributed by atoms with Crippen molar-refractivity contribution >= 4 is 17.5 Å². The molecule has 1 aromatic rings. The van der Waals surface area contributed by atoms with E-state index in [1.165, 1.54) is 11.8 Å². The van der Waals surface area contributed by atoms with Gasteiger partial charge in [0.25, 0.3) is 0 Å². The highest BCUT2D eigenvalue weighted by Crippen LogP contribution is 2.33. The van der Waals surface area contributed by atoms with Crippen LogP contribution in [0.3, 0.4) is 0 Å². The molecule has 1 saturated heterocycles. The number of carbonyl (C=O) groups excluding carboxylic acids is 1. The minimum Gasteiger partial charge on any atom is -0.331 e. The van der Waals surface area contributed by atoms with E-state index in [9.17, 15) is 18.0 Å². The minimum atomic E-state index is -4.53.